The number of methoxy groups -OCH3 is 1. The Kier molecular flexibility index (Phi) is 6.42. The van der Waals surface area contributed by atoms with Gasteiger partial charge in [0.1, 0.15) is 5.75 Å². The van der Waals surface area contributed by atoms with Crippen molar-refractivity contribution in [1.82, 2.24) is 4.57 Å². The molecule has 0 saturated heterocycles. The zero-order chi connectivity index (χ0) is 24.4. The predicted molar refractivity (Wildman–Crippen MR) is 126 cm³/mol. The number of nitro benzene ring substituents is 1. The highest BCUT2D eigenvalue weighted by molar-refractivity contribution is 7.07. The van der Waals surface area contributed by atoms with Gasteiger partial charge in [-0.2, -0.15) is 0 Å². The number of hydrogen-bond acceptors (Lipinski definition) is 8. The second-order valence-electron chi connectivity index (χ2n) is 7.42. The molecule has 2 aromatic carbocycles. The molecule has 1 aliphatic heterocycles. The highest BCUT2D eigenvalue weighted by atomic mass is 32.1. The first-order valence-electron chi connectivity index (χ1n) is 10.4. The van der Waals surface area contributed by atoms with Gasteiger partial charge in [0, 0.05) is 12.1 Å². The zero-order valence-electron chi connectivity index (χ0n) is 18.7. The van der Waals surface area contributed by atoms with Crippen molar-refractivity contribution in [1.29, 1.82) is 0 Å². The maximum atomic E-state index is 13.5. The summed E-state index contributed by atoms with van der Waals surface area (Å²) in [7, 11) is 1.56. The third-order valence-corrected chi connectivity index (χ3v) is 6.33. The Morgan fingerprint density at radius 3 is 2.47 bits per heavy atom. The molecule has 1 atom stereocenters. The van der Waals surface area contributed by atoms with E-state index < -0.39 is 16.9 Å². The minimum Gasteiger partial charge on any atom is -0.497 e. The maximum absolute atomic E-state index is 13.5. The fraction of sp³-hybridized carbons (Fsp3) is 0.208. The van der Waals surface area contributed by atoms with Gasteiger partial charge in [-0.15, -0.1) is 0 Å². The molecule has 0 aliphatic carbocycles. The lowest BCUT2D eigenvalue weighted by Crippen LogP contribution is -2.39. The second kappa shape index (κ2) is 9.44. The number of aromatic nitrogens is 1. The summed E-state index contributed by atoms with van der Waals surface area (Å²) in [5.41, 5.74) is 1.76. The average Bonchev–Trinajstić information content (AvgIpc) is 3.13. The van der Waals surface area contributed by atoms with Gasteiger partial charge in [0.15, 0.2) is 4.80 Å². The number of hydrogen-bond donors (Lipinski definition) is 0. The van der Waals surface area contributed by atoms with Crippen molar-refractivity contribution >= 4 is 29.1 Å². The van der Waals surface area contributed by atoms with Crippen LogP contribution in [0.25, 0.3) is 6.08 Å². The molecular weight excluding hydrogens is 458 g/mol. The normalized spacial score (nSPS) is 15.5. The van der Waals surface area contributed by atoms with Gasteiger partial charge in [0.2, 0.25) is 0 Å². The van der Waals surface area contributed by atoms with E-state index in [9.17, 15) is 19.7 Å². The van der Waals surface area contributed by atoms with Crippen LogP contribution in [0.3, 0.4) is 0 Å². The summed E-state index contributed by atoms with van der Waals surface area (Å²) in [6.45, 7) is 3.63. The summed E-state index contributed by atoms with van der Waals surface area (Å²) in [6, 6.07) is 12.3. The Morgan fingerprint density at radius 2 is 1.88 bits per heavy atom. The molecule has 10 heteroatoms. The van der Waals surface area contributed by atoms with Gasteiger partial charge >= 0.3 is 5.97 Å². The topological polar surface area (TPSA) is 113 Å². The van der Waals surface area contributed by atoms with E-state index >= 15 is 0 Å². The number of non-ortho nitro benzene ring substituents is 1. The molecule has 0 fully saturated rings. The highest BCUT2D eigenvalue weighted by Gasteiger charge is 2.33. The summed E-state index contributed by atoms with van der Waals surface area (Å²) in [5.74, 6) is 0.113. The third kappa shape index (κ3) is 4.27. The van der Waals surface area contributed by atoms with E-state index in [1.54, 1.807) is 63.4 Å². The summed E-state index contributed by atoms with van der Waals surface area (Å²) < 4.78 is 12.4. The van der Waals surface area contributed by atoms with Crippen LogP contribution in [0.5, 0.6) is 5.75 Å². The lowest BCUT2D eigenvalue weighted by molar-refractivity contribution is -0.384. The van der Waals surface area contributed by atoms with Crippen LogP contribution < -0.4 is 19.6 Å². The fourth-order valence-electron chi connectivity index (χ4n) is 3.74. The molecule has 1 aromatic heterocycles. The molecule has 0 amide bonds. The van der Waals surface area contributed by atoms with Crippen LogP contribution in [0.4, 0.5) is 5.69 Å². The van der Waals surface area contributed by atoms with Crippen molar-refractivity contribution in [3.05, 3.63) is 101 Å². The van der Waals surface area contributed by atoms with Gasteiger partial charge in [0.25, 0.3) is 11.2 Å². The van der Waals surface area contributed by atoms with E-state index in [2.05, 4.69) is 4.99 Å². The van der Waals surface area contributed by atoms with Gasteiger partial charge in [-0.1, -0.05) is 23.5 Å². The van der Waals surface area contributed by atoms with Crippen LogP contribution in [0, 0.1) is 10.1 Å². The first-order valence-corrected chi connectivity index (χ1v) is 11.2. The van der Waals surface area contributed by atoms with Gasteiger partial charge < -0.3 is 9.47 Å². The maximum Gasteiger partial charge on any atom is 0.338 e. The molecule has 2 heterocycles. The van der Waals surface area contributed by atoms with E-state index in [4.69, 9.17) is 9.47 Å². The number of carbonyl (C=O) groups is 1. The molecule has 0 bridgehead atoms. The third-order valence-electron chi connectivity index (χ3n) is 5.35. The van der Waals surface area contributed by atoms with Gasteiger partial charge in [-0.05, 0) is 55.3 Å². The monoisotopic (exact) mass is 479 g/mol. The molecule has 34 heavy (non-hydrogen) atoms. The lowest BCUT2D eigenvalue weighted by atomic mass is 9.96. The van der Waals surface area contributed by atoms with Crippen LogP contribution in [-0.2, 0) is 9.53 Å². The van der Waals surface area contributed by atoms with Gasteiger partial charge in [-0.25, -0.2) is 9.79 Å². The smallest absolute Gasteiger partial charge is 0.338 e. The standard InChI is InChI=1S/C24H21N3O6S/c1-4-33-23(29)20-14(2)25-24-26(21(20)16-7-11-18(32-3)12-8-16)22(28)19(34-24)13-15-5-9-17(10-6-15)27(30)31/h5-13,21H,4H2,1-3H3/b19-13-/t21-/m1/s1. The van der Waals surface area contributed by atoms with E-state index in [1.165, 1.54) is 28.0 Å². The Hall–Kier alpha value is -4.05. The predicted octanol–water partition coefficient (Wildman–Crippen LogP) is 2.72. The van der Waals surface area contributed by atoms with Crippen molar-refractivity contribution in [3.8, 4) is 5.75 Å². The zero-order valence-corrected chi connectivity index (χ0v) is 19.5. The Morgan fingerprint density at radius 1 is 1.21 bits per heavy atom. The van der Waals surface area contributed by atoms with E-state index in [-0.39, 0.29) is 17.9 Å². The lowest BCUT2D eigenvalue weighted by Gasteiger charge is -2.24. The number of esters is 1. The van der Waals surface area contributed by atoms with Crippen LogP contribution in [-0.4, -0.2) is 29.2 Å². The van der Waals surface area contributed by atoms with Crippen molar-refractivity contribution in [2.75, 3.05) is 13.7 Å². The number of rotatable bonds is 6. The number of fused-ring (bicyclic) bond motifs is 1. The number of benzene rings is 2. The first-order chi connectivity index (χ1) is 16.3. The summed E-state index contributed by atoms with van der Waals surface area (Å²) in [5, 5.41) is 10.9. The number of nitrogens with zero attached hydrogens (tertiary/aromatic N) is 3. The quantitative estimate of drug-likeness (QED) is 0.305. The number of carbonyl (C=O) groups excluding carboxylic acids is 1. The molecule has 0 radical (unpaired) electrons. The Bertz CT molecular complexity index is 1470. The molecule has 174 valence electrons. The van der Waals surface area contributed by atoms with Crippen molar-refractivity contribution in [2.45, 2.75) is 19.9 Å². The molecule has 0 saturated carbocycles. The molecule has 1 aliphatic rings. The van der Waals surface area contributed by atoms with Crippen LogP contribution >= 0.6 is 11.3 Å². The van der Waals surface area contributed by atoms with Crippen molar-refractivity contribution in [2.24, 2.45) is 4.99 Å². The Balaban J connectivity index is 1.90. The molecule has 0 spiro atoms. The average molecular weight is 480 g/mol. The summed E-state index contributed by atoms with van der Waals surface area (Å²) in [6.07, 6.45) is 1.65. The van der Waals surface area contributed by atoms with Gasteiger partial charge in [-0.3, -0.25) is 19.5 Å². The number of ether oxygens (including phenoxy) is 2. The van der Waals surface area contributed by atoms with Crippen molar-refractivity contribution < 1.29 is 19.2 Å². The first kappa shape index (κ1) is 23.1. The Labute approximate surface area is 198 Å². The van der Waals surface area contributed by atoms with Gasteiger partial charge in [0.05, 0.1) is 40.5 Å². The SMILES string of the molecule is CCOC(=O)C1=C(C)N=c2s/c(=C\c3ccc([N+](=O)[O-])cc3)c(=O)n2[C@@H]1c1ccc(OC)cc1. The number of allylic oxidation sites excluding steroid dienone is 1. The molecule has 4 rings (SSSR count). The summed E-state index contributed by atoms with van der Waals surface area (Å²) >= 11 is 1.19. The van der Waals surface area contributed by atoms with Crippen molar-refractivity contribution in [3.63, 3.8) is 0 Å². The highest BCUT2D eigenvalue weighted by Crippen LogP contribution is 2.31. The molecule has 9 nitrogen and oxygen atoms in total. The van der Waals surface area contributed by atoms with E-state index in [0.717, 1.165) is 0 Å². The molecule has 0 unspecified atom stereocenters. The molecule has 0 N–H and O–H groups in total. The summed E-state index contributed by atoms with van der Waals surface area (Å²) in [4.78, 5) is 41.8. The minimum atomic E-state index is -0.722. The molecule has 3 aromatic rings. The number of thiazole rings is 1. The largest absolute Gasteiger partial charge is 0.497 e. The van der Waals surface area contributed by atoms with Crippen LogP contribution in [0.2, 0.25) is 0 Å². The fourth-order valence-corrected chi connectivity index (χ4v) is 4.78. The van der Waals surface area contributed by atoms with Crippen LogP contribution in [0.15, 0.2) is 69.6 Å². The minimum absolute atomic E-state index is 0.0344. The van der Waals surface area contributed by atoms with E-state index in [1.807, 2.05) is 0 Å². The van der Waals surface area contributed by atoms with Crippen LogP contribution in [0.1, 0.15) is 31.0 Å². The second-order valence-corrected chi connectivity index (χ2v) is 8.43. The number of nitro groups is 1. The molecular formula is C24H21N3O6S. The van der Waals surface area contributed by atoms with E-state index in [0.29, 0.717) is 37.5 Å².